The zero-order valence-corrected chi connectivity index (χ0v) is 13.6. The number of nitrogens with zero attached hydrogens (tertiary/aromatic N) is 2. The summed E-state index contributed by atoms with van der Waals surface area (Å²) in [5.74, 6) is 0.769. The van der Waals surface area contributed by atoms with Crippen LogP contribution < -0.4 is 17.0 Å². The van der Waals surface area contributed by atoms with Gasteiger partial charge in [0.1, 0.15) is 19.2 Å². The van der Waals surface area contributed by atoms with Crippen LogP contribution in [0.15, 0.2) is 59.8 Å². The molecule has 1 aliphatic rings. The summed E-state index contributed by atoms with van der Waals surface area (Å²) in [5.41, 5.74) is 3.74. The Balaban J connectivity index is 0.00000144. The van der Waals surface area contributed by atoms with E-state index in [0.29, 0.717) is 6.54 Å². The minimum atomic E-state index is -0.261. The third kappa shape index (κ3) is 2.62. The first-order valence-electron chi connectivity index (χ1n) is 7.19. The fraction of sp³-hybridized carbons (Fsp3) is 0.235. The van der Waals surface area contributed by atoms with Gasteiger partial charge in [0, 0.05) is 5.75 Å². The molecule has 3 nitrogen and oxygen atoms in total. The number of fused-ring (bicyclic) bond motifs is 3. The molecule has 0 amide bonds. The number of rotatable bonds is 2. The average Bonchev–Trinajstić information content (AvgIpc) is 2.82. The Morgan fingerprint density at radius 3 is 2.64 bits per heavy atom. The summed E-state index contributed by atoms with van der Waals surface area (Å²) in [6, 6.07) is 19.0. The van der Waals surface area contributed by atoms with E-state index < -0.39 is 0 Å². The molecule has 0 spiro atoms. The van der Waals surface area contributed by atoms with Crippen LogP contribution in [0, 0.1) is 0 Å². The van der Waals surface area contributed by atoms with Crippen LogP contribution in [0.1, 0.15) is 5.56 Å². The lowest BCUT2D eigenvalue weighted by atomic mass is 10.2. The number of aliphatic hydroxyl groups excluding tert-OH is 1. The van der Waals surface area contributed by atoms with Gasteiger partial charge in [-0.05, 0) is 29.5 Å². The molecular weight excluding hydrogens is 316 g/mol. The number of thioether (sulfide) groups is 1. The van der Waals surface area contributed by atoms with E-state index in [-0.39, 0.29) is 18.5 Å². The maximum Gasteiger partial charge on any atom is 0.319 e. The van der Waals surface area contributed by atoms with E-state index in [0.717, 1.165) is 12.3 Å². The molecule has 3 aromatic rings. The fourth-order valence-corrected chi connectivity index (χ4v) is 4.05. The van der Waals surface area contributed by atoms with Gasteiger partial charge in [0.2, 0.25) is 0 Å². The van der Waals surface area contributed by atoms with Gasteiger partial charge in [-0.25, -0.2) is 9.13 Å². The van der Waals surface area contributed by atoms with Gasteiger partial charge in [-0.2, -0.15) is 0 Å². The van der Waals surface area contributed by atoms with Crippen LogP contribution in [-0.2, 0) is 13.1 Å². The number of halogens is 1. The Bertz CT molecular complexity index is 788. The number of aromatic nitrogens is 2. The normalized spacial score (nSPS) is 17.0. The Morgan fingerprint density at radius 2 is 1.82 bits per heavy atom. The topological polar surface area (TPSA) is 29.0 Å². The predicted octanol–water partition coefficient (Wildman–Crippen LogP) is -0.552. The molecular formula is C17H17ClN2OS. The largest absolute Gasteiger partial charge is 1.00 e. The van der Waals surface area contributed by atoms with E-state index in [1.54, 1.807) is 11.8 Å². The van der Waals surface area contributed by atoms with Crippen molar-refractivity contribution in [3.8, 4) is 0 Å². The second-order valence-corrected chi connectivity index (χ2v) is 6.41. The zero-order chi connectivity index (χ0) is 14.2. The summed E-state index contributed by atoms with van der Waals surface area (Å²) in [6.45, 7) is 1.55. The summed E-state index contributed by atoms with van der Waals surface area (Å²) < 4.78 is 4.61. The van der Waals surface area contributed by atoms with E-state index in [1.807, 2.05) is 6.07 Å². The van der Waals surface area contributed by atoms with E-state index in [1.165, 1.54) is 21.8 Å². The van der Waals surface area contributed by atoms with E-state index >= 15 is 0 Å². The molecule has 1 atom stereocenters. The van der Waals surface area contributed by atoms with Crippen molar-refractivity contribution in [2.45, 2.75) is 24.3 Å². The zero-order valence-electron chi connectivity index (χ0n) is 12.0. The molecule has 5 heteroatoms. The third-order valence-corrected chi connectivity index (χ3v) is 5.16. The van der Waals surface area contributed by atoms with Crippen molar-refractivity contribution < 1.29 is 22.1 Å². The SMILES string of the molecule is OC1CSc2n(Cc3ccccc3)c3ccccc3[n+]2C1.[Cl-]. The van der Waals surface area contributed by atoms with Gasteiger partial charge in [-0.3, -0.25) is 0 Å². The molecule has 1 unspecified atom stereocenters. The summed E-state index contributed by atoms with van der Waals surface area (Å²) in [5, 5.41) is 11.2. The van der Waals surface area contributed by atoms with Gasteiger partial charge in [0.25, 0.3) is 0 Å². The van der Waals surface area contributed by atoms with E-state index in [9.17, 15) is 5.11 Å². The molecule has 22 heavy (non-hydrogen) atoms. The smallest absolute Gasteiger partial charge is 0.319 e. The van der Waals surface area contributed by atoms with Crippen LogP contribution in [0.2, 0.25) is 0 Å². The summed E-state index contributed by atoms with van der Waals surface area (Å²) in [4.78, 5) is 0. The van der Waals surface area contributed by atoms with Crippen molar-refractivity contribution in [2.24, 2.45) is 0 Å². The number of hydrogen-bond donors (Lipinski definition) is 1. The second-order valence-electron chi connectivity index (χ2n) is 5.42. The van der Waals surface area contributed by atoms with Crippen molar-refractivity contribution in [3.63, 3.8) is 0 Å². The lowest BCUT2D eigenvalue weighted by molar-refractivity contribution is -0.717. The summed E-state index contributed by atoms with van der Waals surface area (Å²) in [6.07, 6.45) is -0.261. The molecule has 0 fully saturated rings. The van der Waals surface area contributed by atoms with Gasteiger partial charge < -0.3 is 17.5 Å². The van der Waals surface area contributed by atoms with Gasteiger partial charge in [-0.15, -0.1) is 0 Å². The lowest BCUT2D eigenvalue weighted by Crippen LogP contribution is -3.00. The van der Waals surface area contributed by atoms with Crippen LogP contribution in [-0.4, -0.2) is 21.5 Å². The molecule has 114 valence electrons. The maximum atomic E-state index is 9.96. The Hall–Kier alpha value is -1.49. The van der Waals surface area contributed by atoms with Crippen LogP contribution >= 0.6 is 11.8 Å². The molecule has 1 aliphatic heterocycles. The van der Waals surface area contributed by atoms with Crippen LogP contribution in [0.3, 0.4) is 0 Å². The standard InChI is InChI=1S/C17H17N2OS.ClH/c20-14-11-19-16-9-5-4-8-15(16)18(17(19)21-12-14)10-13-6-2-1-3-7-13;/h1-9,14,20H,10-12H2;1H/q+1;/p-1. The van der Waals surface area contributed by atoms with Crippen molar-refractivity contribution in [1.29, 1.82) is 0 Å². The molecule has 2 heterocycles. The predicted molar refractivity (Wildman–Crippen MR) is 84.4 cm³/mol. The lowest BCUT2D eigenvalue weighted by Gasteiger charge is -2.14. The summed E-state index contributed by atoms with van der Waals surface area (Å²) >= 11 is 1.74. The third-order valence-electron chi connectivity index (χ3n) is 3.91. The molecule has 2 aromatic carbocycles. The minimum Gasteiger partial charge on any atom is -1.00 e. The molecule has 0 saturated heterocycles. The van der Waals surface area contributed by atoms with Gasteiger partial charge in [0.05, 0.1) is 0 Å². The second kappa shape index (κ2) is 6.32. The Kier molecular flexibility index (Phi) is 4.43. The first kappa shape index (κ1) is 15.4. The average molecular weight is 333 g/mol. The van der Waals surface area contributed by atoms with Gasteiger partial charge in [0.15, 0.2) is 11.0 Å². The van der Waals surface area contributed by atoms with Crippen molar-refractivity contribution in [2.75, 3.05) is 5.75 Å². The van der Waals surface area contributed by atoms with Gasteiger partial charge in [-0.1, -0.05) is 42.5 Å². The first-order chi connectivity index (χ1) is 10.3. The number of para-hydroxylation sites is 2. The molecule has 1 aromatic heterocycles. The highest BCUT2D eigenvalue weighted by atomic mass is 35.5. The quantitative estimate of drug-likeness (QED) is 0.638. The highest BCUT2D eigenvalue weighted by Crippen LogP contribution is 2.27. The van der Waals surface area contributed by atoms with Crippen molar-refractivity contribution in [3.05, 3.63) is 60.2 Å². The van der Waals surface area contributed by atoms with Crippen LogP contribution in [0.4, 0.5) is 0 Å². The molecule has 1 N–H and O–H groups in total. The highest BCUT2D eigenvalue weighted by molar-refractivity contribution is 7.99. The van der Waals surface area contributed by atoms with Crippen molar-refractivity contribution in [1.82, 2.24) is 4.57 Å². The minimum absolute atomic E-state index is 0. The monoisotopic (exact) mass is 332 g/mol. The molecule has 0 saturated carbocycles. The Labute approximate surface area is 140 Å². The summed E-state index contributed by atoms with van der Waals surface area (Å²) in [7, 11) is 0. The number of hydrogen-bond acceptors (Lipinski definition) is 2. The number of aliphatic hydroxyl groups is 1. The maximum absolute atomic E-state index is 9.96. The highest BCUT2D eigenvalue weighted by Gasteiger charge is 2.31. The molecule has 4 rings (SSSR count). The van der Waals surface area contributed by atoms with E-state index in [2.05, 4.69) is 57.7 Å². The molecule has 0 radical (unpaired) electrons. The fourth-order valence-electron chi connectivity index (χ4n) is 2.96. The number of benzene rings is 2. The van der Waals surface area contributed by atoms with Gasteiger partial charge >= 0.3 is 5.16 Å². The van der Waals surface area contributed by atoms with Crippen LogP contribution in [0.5, 0.6) is 0 Å². The van der Waals surface area contributed by atoms with Crippen molar-refractivity contribution >= 4 is 22.8 Å². The molecule has 0 bridgehead atoms. The number of imidazole rings is 1. The Morgan fingerprint density at radius 1 is 1.09 bits per heavy atom. The van der Waals surface area contributed by atoms with Crippen LogP contribution in [0.25, 0.3) is 11.0 Å². The first-order valence-corrected chi connectivity index (χ1v) is 8.17. The molecule has 0 aliphatic carbocycles. The van der Waals surface area contributed by atoms with E-state index in [4.69, 9.17) is 0 Å².